The first kappa shape index (κ1) is 15.8. The zero-order valence-corrected chi connectivity index (χ0v) is 11.0. The summed E-state index contributed by atoms with van der Waals surface area (Å²) in [5.41, 5.74) is 1.29. The lowest BCUT2D eigenvalue weighted by Gasteiger charge is -2.15. The van der Waals surface area contributed by atoms with Crippen molar-refractivity contribution in [2.24, 2.45) is 0 Å². The number of carbonyl (C=O) groups is 1. The van der Waals surface area contributed by atoms with Crippen molar-refractivity contribution >= 4 is 17.7 Å². The quantitative estimate of drug-likeness (QED) is 0.875. The van der Waals surface area contributed by atoms with E-state index in [4.69, 9.17) is 5.11 Å². The molecule has 1 rings (SSSR count). The Labute approximate surface area is 113 Å². The lowest BCUT2D eigenvalue weighted by atomic mass is 10.1. The van der Waals surface area contributed by atoms with Crippen LogP contribution in [0.4, 0.5) is 13.2 Å². The summed E-state index contributed by atoms with van der Waals surface area (Å²) in [6.45, 7) is -0.852. The Morgan fingerprint density at radius 3 is 2.42 bits per heavy atom. The van der Waals surface area contributed by atoms with E-state index in [-0.39, 0.29) is 5.56 Å². The molecule has 0 radical (unpaired) electrons. The number of aliphatic hydroxyl groups is 1. The number of aliphatic hydroxyl groups excluding tert-OH is 1. The van der Waals surface area contributed by atoms with Gasteiger partial charge in [-0.15, -0.1) is 0 Å². The number of nitrogens with one attached hydrogen (secondary N) is 1. The van der Waals surface area contributed by atoms with E-state index in [9.17, 15) is 18.0 Å². The first-order valence-corrected chi connectivity index (χ1v) is 6.85. The fourth-order valence-corrected chi connectivity index (χ4v) is 1.85. The van der Waals surface area contributed by atoms with Gasteiger partial charge in [-0.3, -0.25) is 4.79 Å². The van der Waals surface area contributed by atoms with Crippen molar-refractivity contribution < 1.29 is 23.1 Å². The summed E-state index contributed by atoms with van der Waals surface area (Å²) in [7, 11) is 0. The van der Waals surface area contributed by atoms with Gasteiger partial charge in [-0.1, -0.05) is 12.1 Å². The van der Waals surface area contributed by atoms with Crippen molar-refractivity contribution in [3.63, 3.8) is 0 Å². The Bertz CT molecular complexity index is 420. The molecule has 1 aromatic carbocycles. The number of carbonyl (C=O) groups excluding carboxylic acids is 1. The van der Waals surface area contributed by atoms with Crippen LogP contribution in [0.25, 0.3) is 0 Å². The second-order valence-corrected chi connectivity index (χ2v) is 4.76. The van der Waals surface area contributed by atoms with Crippen LogP contribution >= 0.6 is 11.8 Å². The van der Waals surface area contributed by atoms with Gasteiger partial charge in [0.05, 0.1) is 6.54 Å². The zero-order chi connectivity index (χ0) is 14.5. The molecule has 0 aliphatic rings. The highest BCUT2D eigenvalue weighted by Gasteiger charge is 2.38. The van der Waals surface area contributed by atoms with E-state index in [1.54, 1.807) is 36.0 Å². The summed E-state index contributed by atoms with van der Waals surface area (Å²) in [4.78, 5) is 11.6. The highest BCUT2D eigenvalue weighted by Crippen LogP contribution is 2.19. The van der Waals surface area contributed by atoms with Crippen LogP contribution < -0.4 is 5.32 Å². The number of rotatable bonds is 5. The second kappa shape index (κ2) is 6.81. The molecule has 0 aromatic heterocycles. The van der Waals surface area contributed by atoms with Crippen molar-refractivity contribution in [2.45, 2.75) is 18.0 Å². The first-order chi connectivity index (χ1) is 8.84. The standard InChI is InChI=1S/C12H14F3NO2S/c1-19-7-8-2-4-9(5-3-8)11(18)16-6-10(17)12(13,14)15/h2-5,10,17H,6-7H2,1H3,(H,16,18). The normalized spacial score (nSPS) is 13.1. The molecular formula is C12H14F3NO2S. The van der Waals surface area contributed by atoms with Gasteiger partial charge in [0.15, 0.2) is 6.10 Å². The average molecular weight is 293 g/mol. The molecule has 7 heteroatoms. The molecule has 1 amide bonds. The van der Waals surface area contributed by atoms with Gasteiger partial charge < -0.3 is 10.4 Å². The van der Waals surface area contributed by atoms with E-state index in [1.807, 2.05) is 11.6 Å². The third-order valence-electron chi connectivity index (χ3n) is 2.36. The zero-order valence-electron chi connectivity index (χ0n) is 10.2. The first-order valence-electron chi connectivity index (χ1n) is 5.45. The highest BCUT2D eigenvalue weighted by atomic mass is 32.2. The molecule has 0 aliphatic heterocycles. The molecule has 0 saturated heterocycles. The van der Waals surface area contributed by atoms with E-state index in [0.717, 1.165) is 11.3 Å². The summed E-state index contributed by atoms with van der Waals surface area (Å²) < 4.78 is 36.1. The van der Waals surface area contributed by atoms with E-state index >= 15 is 0 Å². The summed E-state index contributed by atoms with van der Waals surface area (Å²) in [5.74, 6) is 0.160. The molecule has 0 aliphatic carbocycles. The fourth-order valence-electron chi connectivity index (χ4n) is 1.33. The Balaban J connectivity index is 2.54. The van der Waals surface area contributed by atoms with Gasteiger partial charge in [-0.2, -0.15) is 24.9 Å². The molecule has 0 spiro atoms. The number of hydrogen-bond acceptors (Lipinski definition) is 3. The molecule has 19 heavy (non-hydrogen) atoms. The van der Waals surface area contributed by atoms with Gasteiger partial charge in [-0.25, -0.2) is 0 Å². The Morgan fingerprint density at radius 2 is 1.95 bits per heavy atom. The minimum atomic E-state index is -4.73. The van der Waals surface area contributed by atoms with Crippen molar-refractivity contribution in [1.29, 1.82) is 0 Å². The van der Waals surface area contributed by atoms with E-state index in [1.165, 1.54) is 0 Å². The Morgan fingerprint density at radius 1 is 1.37 bits per heavy atom. The van der Waals surface area contributed by atoms with Crippen molar-refractivity contribution in [3.8, 4) is 0 Å². The number of halogens is 3. The van der Waals surface area contributed by atoms with E-state index < -0.39 is 24.7 Å². The van der Waals surface area contributed by atoms with Crippen LogP contribution in [-0.4, -0.2) is 36.1 Å². The van der Waals surface area contributed by atoms with Gasteiger partial charge in [0.25, 0.3) is 5.91 Å². The SMILES string of the molecule is CSCc1ccc(C(=O)NCC(O)C(F)(F)F)cc1. The number of alkyl halides is 3. The number of benzene rings is 1. The molecule has 1 atom stereocenters. The average Bonchev–Trinajstić information content (AvgIpc) is 2.35. The molecule has 1 unspecified atom stereocenters. The van der Waals surface area contributed by atoms with Crippen molar-refractivity contribution in [2.75, 3.05) is 12.8 Å². The van der Waals surface area contributed by atoms with Crippen LogP contribution in [0.15, 0.2) is 24.3 Å². The van der Waals surface area contributed by atoms with Crippen molar-refractivity contribution in [1.82, 2.24) is 5.32 Å². The maximum absolute atomic E-state index is 12.0. The van der Waals surface area contributed by atoms with Crippen LogP contribution in [0.3, 0.4) is 0 Å². The Hall–Kier alpha value is -1.21. The molecule has 0 bridgehead atoms. The largest absolute Gasteiger partial charge is 0.416 e. The van der Waals surface area contributed by atoms with Gasteiger partial charge >= 0.3 is 6.18 Å². The molecule has 0 fully saturated rings. The minimum Gasteiger partial charge on any atom is -0.382 e. The number of thioether (sulfide) groups is 1. The fraction of sp³-hybridized carbons (Fsp3) is 0.417. The molecular weight excluding hydrogens is 279 g/mol. The number of amides is 1. The maximum Gasteiger partial charge on any atom is 0.416 e. The van der Waals surface area contributed by atoms with Crippen LogP contribution in [0.5, 0.6) is 0 Å². The summed E-state index contributed by atoms with van der Waals surface area (Å²) >= 11 is 1.63. The molecule has 3 nitrogen and oxygen atoms in total. The van der Waals surface area contributed by atoms with Gasteiger partial charge in [-0.05, 0) is 24.0 Å². The summed E-state index contributed by atoms with van der Waals surface area (Å²) in [5, 5.41) is 10.8. The highest BCUT2D eigenvalue weighted by molar-refractivity contribution is 7.97. The smallest absolute Gasteiger partial charge is 0.382 e. The van der Waals surface area contributed by atoms with E-state index in [2.05, 4.69) is 0 Å². The molecule has 2 N–H and O–H groups in total. The molecule has 0 saturated carbocycles. The molecule has 0 heterocycles. The van der Waals surface area contributed by atoms with Crippen molar-refractivity contribution in [3.05, 3.63) is 35.4 Å². The monoisotopic (exact) mass is 293 g/mol. The van der Waals surface area contributed by atoms with Gasteiger partial charge in [0.2, 0.25) is 0 Å². The number of hydrogen-bond donors (Lipinski definition) is 2. The lowest BCUT2D eigenvalue weighted by molar-refractivity contribution is -0.201. The second-order valence-electron chi connectivity index (χ2n) is 3.90. The third kappa shape index (κ3) is 5.12. The van der Waals surface area contributed by atoms with Crippen LogP contribution in [0.1, 0.15) is 15.9 Å². The molecule has 106 valence electrons. The van der Waals surface area contributed by atoms with Crippen LogP contribution in [0.2, 0.25) is 0 Å². The van der Waals surface area contributed by atoms with Gasteiger partial charge in [0, 0.05) is 11.3 Å². The topological polar surface area (TPSA) is 49.3 Å². The Kier molecular flexibility index (Phi) is 5.68. The third-order valence-corrected chi connectivity index (χ3v) is 2.98. The summed E-state index contributed by atoms with van der Waals surface area (Å²) in [6, 6.07) is 6.57. The minimum absolute atomic E-state index is 0.263. The van der Waals surface area contributed by atoms with Gasteiger partial charge in [0.1, 0.15) is 0 Å². The van der Waals surface area contributed by atoms with Crippen LogP contribution in [-0.2, 0) is 5.75 Å². The van der Waals surface area contributed by atoms with Crippen LogP contribution in [0, 0.1) is 0 Å². The predicted molar refractivity (Wildman–Crippen MR) is 68.1 cm³/mol. The van der Waals surface area contributed by atoms with E-state index in [0.29, 0.717) is 0 Å². The lowest BCUT2D eigenvalue weighted by Crippen LogP contribution is -2.40. The maximum atomic E-state index is 12.0. The summed E-state index contributed by atoms with van der Waals surface area (Å²) in [6.07, 6.45) is -5.33. The predicted octanol–water partition coefficient (Wildman–Crippen LogP) is 2.20. The molecule has 1 aromatic rings.